The fourth-order valence-electron chi connectivity index (χ4n) is 2.59. The van der Waals surface area contributed by atoms with Crippen molar-refractivity contribution in [3.05, 3.63) is 30.1 Å². The van der Waals surface area contributed by atoms with Gasteiger partial charge in [-0.3, -0.25) is 4.79 Å². The zero-order valence-corrected chi connectivity index (χ0v) is 10.8. The van der Waals surface area contributed by atoms with Crippen LogP contribution in [0.2, 0.25) is 0 Å². The lowest BCUT2D eigenvalue weighted by molar-refractivity contribution is -0.135. The van der Waals surface area contributed by atoms with Gasteiger partial charge in [-0.1, -0.05) is 12.5 Å². The maximum atomic E-state index is 12.2. The van der Waals surface area contributed by atoms with Crippen LogP contribution in [0.15, 0.2) is 24.5 Å². The van der Waals surface area contributed by atoms with Crippen LogP contribution in [0.5, 0.6) is 0 Å². The summed E-state index contributed by atoms with van der Waals surface area (Å²) in [6.45, 7) is 0.980. The number of rotatable bonds is 4. The Balaban J connectivity index is 1.66. The largest absolute Gasteiger partial charge is 0.352 e. The Bertz CT molecular complexity index is 595. The molecule has 0 aliphatic heterocycles. The summed E-state index contributed by atoms with van der Waals surface area (Å²) in [7, 11) is 0. The number of hydrogen-bond donors (Lipinski definition) is 3. The van der Waals surface area contributed by atoms with Crippen molar-refractivity contribution in [1.82, 2.24) is 15.3 Å². The van der Waals surface area contributed by atoms with Crippen molar-refractivity contribution in [2.45, 2.75) is 25.8 Å². The van der Waals surface area contributed by atoms with Crippen LogP contribution in [-0.4, -0.2) is 22.4 Å². The number of aromatic nitrogens is 2. The van der Waals surface area contributed by atoms with E-state index in [0.717, 1.165) is 35.9 Å². The van der Waals surface area contributed by atoms with Crippen LogP contribution < -0.4 is 11.1 Å². The normalized spacial score (nSPS) is 17.1. The van der Waals surface area contributed by atoms with Crippen molar-refractivity contribution in [1.29, 1.82) is 0 Å². The molecule has 1 amide bonds. The minimum atomic E-state index is -0.307. The SMILES string of the molecule is NCC1(C(=O)NCc2ccc3nc[nH]c3c2)CCC1. The molecular weight excluding hydrogens is 240 g/mol. The molecule has 0 saturated heterocycles. The van der Waals surface area contributed by atoms with Crippen LogP contribution in [0, 0.1) is 5.41 Å². The highest BCUT2D eigenvalue weighted by molar-refractivity contribution is 5.84. The first-order chi connectivity index (χ1) is 9.23. The molecular formula is C14H18N4O. The highest BCUT2D eigenvalue weighted by atomic mass is 16.2. The molecule has 1 saturated carbocycles. The molecule has 1 aromatic heterocycles. The average Bonchev–Trinajstić information content (AvgIpc) is 2.83. The quantitative estimate of drug-likeness (QED) is 0.773. The van der Waals surface area contributed by atoms with Crippen LogP contribution in [0.25, 0.3) is 11.0 Å². The maximum absolute atomic E-state index is 12.2. The Morgan fingerprint density at radius 1 is 1.47 bits per heavy atom. The van der Waals surface area contributed by atoms with Gasteiger partial charge in [0.2, 0.25) is 5.91 Å². The van der Waals surface area contributed by atoms with E-state index in [1.54, 1.807) is 6.33 Å². The lowest BCUT2D eigenvalue weighted by Gasteiger charge is -2.39. The molecule has 100 valence electrons. The van der Waals surface area contributed by atoms with Crippen LogP contribution in [-0.2, 0) is 11.3 Å². The molecule has 0 bridgehead atoms. The van der Waals surface area contributed by atoms with Crippen LogP contribution >= 0.6 is 0 Å². The molecule has 5 nitrogen and oxygen atoms in total. The van der Waals surface area contributed by atoms with Gasteiger partial charge in [-0.05, 0) is 30.5 Å². The lowest BCUT2D eigenvalue weighted by Crippen LogP contribution is -2.50. The summed E-state index contributed by atoms with van der Waals surface area (Å²) >= 11 is 0. The highest BCUT2D eigenvalue weighted by Crippen LogP contribution is 2.40. The molecule has 0 unspecified atom stereocenters. The fraction of sp³-hybridized carbons (Fsp3) is 0.429. The Morgan fingerprint density at radius 3 is 3.00 bits per heavy atom. The van der Waals surface area contributed by atoms with Gasteiger partial charge in [0.1, 0.15) is 0 Å². The van der Waals surface area contributed by atoms with Gasteiger partial charge in [-0.2, -0.15) is 0 Å². The Hall–Kier alpha value is -1.88. The van der Waals surface area contributed by atoms with Crippen molar-refractivity contribution < 1.29 is 4.79 Å². The van der Waals surface area contributed by atoms with Gasteiger partial charge in [0.05, 0.1) is 22.8 Å². The fourth-order valence-corrected chi connectivity index (χ4v) is 2.59. The first-order valence-electron chi connectivity index (χ1n) is 6.64. The molecule has 5 heteroatoms. The Morgan fingerprint density at radius 2 is 2.32 bits per heavy atom. The van der Waals surface area contributed by atoms with Crippen molar-refractivity contribution in [2.75, 3.05) is 6.54 Å². The van der Waals surface area contributed by atoms with E-state index in [2.05, 4.69) is 15.3 Å². The monoisotopic (exact) mass is 258 g/mol. The van der Waals surface area contributed by atoms with Crippen LogP contribution in [0.1, 0.15) is 24.8 Å². The van der Waals surface area contributed by atoms with E-state index >= 15 is 0 Å². The Kier molecular flexibility index (Phi) is 2.98. The van der Waals surface area contributed by atoms with Gasteiger partial charge in [-0.25, -0.2) is 4.98 Å². The first kappa shape index (κ1) is 12.2. The molecule has 0 atom stereocenters. The number of carbonyl (C=O) groups is 1. The lowest BCUT2D eigenvalue weighted by atomic mass is 9.68. The molecule has 0 spiro atoms. The number of nitrogens with one attached hydrogen (secondary N) is 2. The molecule has 0 radical (unpaired) electrons. The van der Waals surface area contributed by atoms with Gasteiger partial charge in [0, 0.05) is 13.1 Å². The van der Waals surface area contributed by atoms with E-state index in [-0.39, 0.29) is 11.3 Å². The van der Waals surface area contributed by atoms with E-state index in [4.69, 9.17) is 5.73 Å². The third-order valence-electron chi connectivity index (χ3n) is 4.12. The molecule has 1 fully saturated rings. The van der Waals surface area contributed by atoms with Gasteiger partial charge < -0.3 is 16.0 Å². The Labute approximate surface area is 111 Å². The number of amides is 1. The molecule has 1 aromatic carbocycles. The minimum Gasteiger partial charge on any atom is -0.352 e. The number of nitrogens with zero attached hydrogens (tertiary/aromatic N) is 1. The summed E-state index contributed by atoms with van der Waals surface area (Å²) in [6, 6.07) is 5.95. The zero-order chi connectivity index (χ0) is 13.3. The van der Waals surface area contributed by atoms with E-state index < -0.39 is 0 Å². The second-order valence-electron chi connectivity index (χ2n) is 5.27. The average molecular weight is 258 g/mol. The number of imidazole rings is 1. The number of H-pyrrole nitrogens is 1. The molecule has 1 aliphatic carbocycles. The number of fused-ring (bicyclic) bond motifs is 1. The third kappa shape index (κ3) is 2.10. The molecule has 3 rings (SSSR count). The van der Waals surface area contributed by atoms with Gasteiger partial charge >= 0.3 is 0 Å². The number of nitrogens with two attached hydrogens (primary N) is 1. The van der Waals surface area contributed by atoms with Gasteiger partial charge in [0.25, 0.3) is 0 Å². The second kappa shape index (κ2) is 4.66. The maximum Gasteiger partial charge on any atom is 0.227 e. The highest BCUT2D eigenvalue weighted by Gasteiger charge is 2.42. The van der Waals surface area contributed by atoms with Crippen molar-refractivity contribution >= 4 is 16.9 Å². The summed E-state index contributed by atoms with van der Waals surface area (Å²) in [5.74, 6) is 0.0888. The summed E-state index contributed by atoms with van der Waals surface area (Å²) in [5, 5.41) is 3.00. The van der Waals surface area contributed by atoms with E-state index in [1.807, 2.05) is 18.2 Å². The third-order valence-corrected chi connectivity index (χ3v) is 4.12. The van der Waals surface area contributed by atoms with E-state index in [1.165, 1.54) is 0 Å². The van der Waals surface area contributed by atoms with Crippen LogP contribution in [0.3, 0.4) is 0 Å². The molecule has 19 heavy (non-hydrogen) atoms. The number of hydrogen-bond acceptors (Lipinski definition) is 3. The smallest absolute Gasteiger partial charge is 0.227 e. The van der Waals surface area contributed by atoms with E-state index in [9.17, 15) is 4.79 Å². The van der Waals surface area contributed by atoms with Crippen molar-refractivity contribution in [2.24, 2.45) is 11.1 Å². The van der Waals surface area contributed by atoms with E-state index in [0.29, 0.717) is 13.1 Å². The summed E-state index contributed by atoms with van der Waals surface area (Å²) in [4.78, 5) is 19.4. The molecule has 1 heterocycles. The number of carbonyl (C=O) groups excluding carboxylic acids is 1. The number of benzene rings is 1. The number of aromatic amines is 1. The van der Waals surface area contributed by atoms with Crippen LogP contribution in [0.4, 0.5) is 0 Å². The standard InChI is InChI=1S/C14H18N4O/c15-8-14(4-1-5-14)13(19)16-7-10-2-3-11-12(6-10)18-9-17-11/h2-3,6,9H,1,4-5,7-8,15H2,(H,16,19)(H,17,18). The minimum absolute atomic E-state index is 0.0888. The summed E-state index contributed by atoms with van der Waals surface area (Å²) < 4.78 is 0. The summed E-state index contributed by atoms with van der Waals surface area (Å²) in [5.41, 5.74) is 8.41. The second-order valence-corrected chi connectivity index (χ2v) is 5.27. The predicted molar refractivity (Wildman–Crippen MR) is 73.3 cm³/mol. The molecule has 1 aliphatic rings. The predicted octanol–water partition coefficient (Wildman–Crippen LogP) is 1.31. The molecule has 2 aromatic rings. The summed E-state index contributed by atoms with van der Waals surface area (Å²) in [6.07, 6.45) is 4.60. The first-order valence-corrected chi connectivity index (χ1v) is 6.64. The van der Waals surface area contributed by atoms with Gasteiger partial charge in [0.15, 0.2) is 0 Å². The zero-order valence-electron chi connectivity index (χ0n) is 10.8. The van der Waals surface area contributed by atoms with Crippen molar-refractivity contribution in [3.8, 4) is 0 Å². The van der Waals surface area contributed by atoms with Crippen molar-refractivity contribution in [3.63, 3.8) is 0 Å². The molecule has 4 N–H and O–H groups in total. The topological polar surface area (TPSA) is 83.8 Å². The van der Waals surface area contributed by atoms with Gasteiger partial charge in [-0.15, -0.1) is 0 Å².